The number of nitrogens with zero attached hydrogens (tertiary/aromatic N) is 1. The minimum absolute atomic E-state index is 0.657. The summed E-state index contributed by atoms with van der Waals surface area (Å²) < 4.78 is 12.7. The minimum atomic E-state index is 0.657. The molecule has 0 saturated carbocycles. The number of ether oxygens (including phenoxy) is 2. The SMILES string of the molecule is CCNCCOc1ccc(-c2c(OC)ccc3ncc4sccc4c23)cc1. The van der Waals surface area contributed by atoms with E-state index in [-0.39, 0.29) is 0 Å². The van der Waals surface area contributed by atoms with Crippen LogP contribution in [-0.2, 0) is 0 Å². The van der Waals surface area contributed by atoms with Crippen molar-refractivity contribution in [2.75, 3.05) is 26.8 Å². The molecule has 0 radical (unpaired) electrons. The van der Waals surface area contributed by atoms with Gasteiger partial charge in [0.25, 0.3) is 0 Å². The average molecular weight is 378 g/mol. The van der Waals surface area contributed by atoms with E-state index in [1.165, 1.54) is 10.1 Å². The second-order valence-electron chi connectivity index (χ2n) is 6.22. The molecule has 0 aliphatic heterocycles. The number of likely N-dealkylation sites (N-methyl/N-ethyl adjacent to an activating group) is 1. The molecule has 2 heterocycles. The summed E-state index contributed by atoms with van der Waals surface area (Å²) in [5.74, 6) is 1.72. The lowest BCUT2D eigenvalue weighted by atomic mass is 9.97. The molecule has 27 heavy (non-hydrogen) atoms. The monoisotopic (exact) mass is 378 g/mol. The number of pyridine rings is 1. The van der Waals surface area contributed by atoms with Gasteiger partial charge in [0.05, 0.1) is 17.3 Å². The highest BCUT2D eigenvalue weighted by molar-refractivity contribution is 7.17. The van der Waals surface area contributed by atoms with Crippen molar-refractivity contribution < 1.29 is 9.47 Å². The third-order valence-electron chi connectivity index (χ3n) is 4.59. The predicted octanol–water partition coefficient (Wildman–Crippen LogP) is 5.11. The van der Waals surface area contributed by atoms with Crippen molar-refractivity contribution in [1.29, 1.82) is 0 Å². The first-order chi connectivity index (χ1) is 13.3. The van der Waals surface area contributed by atoms with E-state index in [4.69, 9.17) is 9.47 Å². The summed E-state index contributed by atoms with van der Waals surface area (Å²) in [6.07, 6.45) is 1.94. The van der Waals surface area contributed by atoms with Crippen molar-refractivity contribution in [3.8, 4) is 22.6 Å². The number of hydrogen-bond donors (Lipinski definition) is 1. The summed E-state index contributed by atoms with van der Waals surface area (Å²) in [6, 6.07) is 14.4. The molecule has 0 spiro atoms. The Morgan fingerprint density at radius 2 is 1.93 bits per heavy atom. The van der Waals surface area contributed by atoms with Crippen LogP contribution >= 0.6 is 11.3 Å². The molecule has 4 nitrogen and oxygen atoms in total. The molecule has 0 aliphatic carbocycles. The highest BCUT2D eigenvalue weighted by atomic mass is 32.1. The average Bonchev–Trinajstić information content (AvgIpc) is 3.20. The second-order valence-corrected chi connectivity index (χ2v) is 7.17. The van der Waals surface area contributed by atoms with Gasteiger partial charge in [0, 0.05) is 29.1 Å². The van der Waals surface area contributed by atoms with Gasteiger partial charge in [0.15, 0.2) is 0 Å². The van der Waals surface area contributed by atoms with Gasteiger partial charge in [-0.05, 0) is 47.8 Å². The molecule has 1 N–H and O–H groups in total. The number of thiophene rings is 1. The lowest BCUT2D eigenvalue weighted by molar-refractivity contribution is 0.315. The van der Waals surface area contributed by atoms with Gasteiger partial charge in [-0.25, -0.2) is 0 Å². The maximum Gasteiger partial charge on any atom is 0.127 e. The Labute approximate surface area is 162 Å². The van der Waals surface area contributed by atoms with Gasteiger partial charge in [-0.1, -0.05) is 19.1 Å². The molecule has 5 heteroatoms. The first-order valence-corrected chi connectivity index (χ1v) is 9.96. The minimum Gasteiger partial charge on any atom is -0.496 e. The van der Waals surface area contributed by atoms with Crippen LogP contribution < -0.4 is 14.8 Å². The van der Waals surface area contributed by atoms with Gasteiger partial charge in [-0.3, -0.25) is 4.98 Å². The fraction of sp³-hybridized carbons (Fsp3) is 0.227. The molecule has 0 saturated heterocycles. The molecule has 4 rings (SSSR count). The van der Waals surface area contributed by atoms with Crippen molar-refractivity contribution in [3.63, 3.8) is 0 Å². The van der Waals surface area contributed by atoms with Crippen LogP contribution in [0.5, 0.6) is 11.5 Å². The summed E-state index contributed by atoms with van der Waals surface area (Å²) in [6.45, 7) is 4.54. The van der Waals surface area contributed by atoms with Crippen molar-refractivity contribution in [2.24, 2.45) is 0 Å². The Bertz CT molecular complexity index is 1060. The summed E-state index contributed by atoms with van der Waals surface area (Å²) >= 11 is 1.71. The zero-order valence-corrected chi connectivity index (χ0v) is 16.3. The van der Waals surface area contributed by atoms with E-state index >= 15 is 0 Å². The molecular formula is C22H22N2O2S. The molecule has 138 valence electrons. The largest absolute Gasteiger partial charge is 0.496 e. The van der Waals surface area contributed by atoms with E-state index in [9.17, 15) is 0 Å². The quantitative estimate of drug-likeness (QED) is 0.454. The maximum absolute atomic E-state index is 5.80. The number of nitrogens with one attached hydrogen (secondary N) is 1. The molecule has 2 aromatic heterocycles. The summed E-state index contributed by atoms with van der Waals surface area (Å²) in [7, 11) is 1.71. The van der Waals surface area contributed by atoms with Crippen LogP contribution in [0.15, 0.2) is 54.0 Å². The topological polar surface area (TPSA) is 43.4 Å². The van der Waals surface area contributed by atoms with Crippen molar-refractivity contribution in [2.45, 2.75) is 6.92 Å². The van der Waals surface area contributed by atoms with Crippen molar-refractivity contribution in [3.05, 3.63) is 54.0 Å². The first kappa shape index (κ1) is 17.8. The maximum atomic E-state index is 5.80. The van der Waals surface area contributed by atoms with Gasteiger partial charge >= 0.3 is 0 Å². The van der Waals surface area contributed by atoms with Crippen LogP contribution in [0.3, 0.4) is 0 Å². The van der Waals surface area contributed by atoms with E-state index in [0.717, 1.165) is 46.6 Å². The van der Waals surface area contributed by atoms with Gasteiger partial charge in [0.1, 0.15) is 18.1 Å². The molecule has 0 aliphatic rings. The third-order valence-corrected chi connectivity index (χ3v) is 5.44. The van der Waals surface area contributed by atoms with Crippen LogP contribution in [0.2, 0.25) is 0 Å². The van der Waals surface area contributed by atoms with Gasteiger partial charge < -0.3 is 14.8 Å². The zero-order valence-electron chi connectivity index (χ0n) is 15.5. The highest BCUT2D eigenvalue weighted by Crippen LogP contribution is 2.41. The molecule has 0 unspecified atom stereocenters. The Morgan fingerprint density at radius 3 is 2.70 bits per heavy atom. The summed E-state index contributed by atoms with van der Waals surface area (Å²) in [5.41, 5.74) is 3.14. The third kappa shape index (κ3) is 3.48. The Hall–Kier alpha value is -2.63. The van der Waals surface area contributed by atoms with E-state index < -0.39 is 0 Å². The molecular weight excluding hydrogens is 356 g/mol. The first-order valence-electron chi connectivity index (χ1n) is 9.08. The molecule has 0 fully saturated rings. The zero-order chi connectivity index (χ0) is 18.6. The Balaban J connectivity index is 1.77. The van der Waals surface area contributed by atoms with Gasteiger partial charge in [0.2, 0.25) is 0 Å². The number of methoxy groups -OCH3 is 1. The predicted molar refractivity (Wildman–Crippen MR) is 113 cm³/mol. The van der Waals surface area contributed by atoms with E-state index in [2.05, 4.69) is 40.8 Å². The molecule has 2 aromatic carbocycles. The molecule has 0 amide bonds. The highest BCUT2D eigenvalue weighted by Gasteiger charge is 2.15. The lowest BCUT2D eigenvalue weighted by Gasteiger charge is -2.14. The fourth-order valence-electron chi connectivity index (χ4n) is 3.30. The van der Waals surface area contributed by atoms with E-state index in [1.807, 2.05) is 30.5 Å². The number of benzene rings is 2. The second kappa shape index (κ2) is 7.94. The lowest BCUT2D eigenvalue weighted by Crippen LogP contribution is -2.20. The summed E-state index contributed by atoms with van der Waals surface area (Å²) in [4.78, 5) is 4.64. The standard InChI is InChI=1S/C22H22N2O2S/c1-3-23-11-12-26-16-6-4-15(5-7-16)21-19(25-2)9-8-18-22(21)17-10-13-27-20(17)14-24-18/h4-10,13-14,23H,3,11-12H2,1-2H3. The van der Waals surface area contributed by atoms with Gasteiger partial charge in [-0.2, -0.15) is 0 Å². The van der Waals surface area contributed by atoms with Crippen molar-refractivity contribution in [1.82, 2.24) is 10.3 Å². The van der Waals surface area contributed by atoms with Crippen LogP contribution in [0, 0.1) is 0 Å². The molecule has 0 atom stereocenters. The fourth-order valence-corrected chi connectivity index (χ4v) is 4.06. The van der Waals surface area contributed by atoms with E-state index in [0.29, 0.717) is 6.61 Å². The van der Waals surface area contributed by atoms with Gasteiger partial charge in [-0.15, -0.1) is 11.3 Å². The number of fused-ring (bicyclic) bond motifs is 3. The molecule has 4 aromatic rings. The number of aromatic nitrogens is 1. The smallest absolute Gasteiger partial charge is 0.127 e. The van der Waals surface area contributed by atoms with E-state index in [1.54, 1.807) is 18.4 Å². The number of rotatable bonds is 7. The number of hydrogen-bond acceptors (Lipinski definition) is 5. The van der Waals surface area contributed by atoms with Crippen LogP contribution in [0.25, 0.3) is 32.1 Å². The van der Waals surface area contributed by atoms with Crippen LogP contribution in [0.4, 0.5) is 0 Å². The van der Waals surface area contributed by atoms with Crippen molar-refractivity contribution >= 4 is 32.3 Å². The molecule has 0 bridgehead atoms. The normalized spacial score (nSPS) is 11.2. The summed E-state index contributed by atoms with van der Waals surface area (Å²) in [5, 5.41) is 7.71. The Morgan fingerprint density at radius 1 is 1.07 bits per heavy atom. The van der Waals surface area contributed by atoms with Crippen LogP contribution in [-0.4, -0.2) is 31.8 Å². The Kier molecular flexibility index (Phi) is 5.23. The van der Waals surface area contributed by atoms with Crippen LogP contribution in [0.1, 0.15) is 6.92 Å².